The third-order valence-electron chi connectivity index (χ3n) is 10.2. The zero-order chi connectivity index (χ0) is 31.8. The van der Waals surface area contributed by atoms with E-state index in [0.29, 0.717) is 24.9 Å². The Morgan fingerprint density at radius 2 is 1.30 bits per heavy atom. The average molecular weight is 622 g/mol. The van der Waals surface area contributed by atoms with Crippen LogP contribution in [0.3, 0.4) is 0 Å². The third-order valence-corrected chi connectivity index (χ3v) is 10.2. The van der Waals surface area contributed by atoms with Gasteiger partial charge in [0.05, 0.1) is 11.7 Å². The number of benzene rings is 3. The number of rotatable bonds is 5. The summed E-state index contributed by atoms with van der Waals surface area (Å²) < 4.78 is 6.01. The van der Waals surface area contributed by atoms with Gasteiger partial charge in [0.15, 0.2) is 0 Å². The molecule has 4 unspecified atom stereocenters. The van der Waals surface area contributed by atoms with Crippen molar-refractivity contribution in [2.75, 3.05) is 4.90 Å². The monoisotopic (exact) mass is 621 g/mol. The molecule has 2 fully saturated rings. The Morgan fingerprint density at radius 3 is 2.04 bits per heavy atom. The minimum Gasteiger partial charge on any atom is -0.480 e. The number of carboxylic acids is 1. The van der Waals surface area contributed by atoms with E-state index in [1.807, 2.05) is 78.9 Å². The van der Waals surface area contributed by atoms with Crippen LogP contribution in [0, 0.1) is 0 Å². The fourth-order valence-electron chi connectivity index (χ4n) is 7.89. The lowest BCUT2D eigenvalue weighted by atomic mass is 9.93. The molecule has 0 radical (unpaired) electrons. The number of carbonyl (C=O) groups is 4. The van der Waals surface area contributed by atoms with Gasteiger partial charge in [0.2, 0.25) is 11.8 Å². The first-order chi connectivity index (χ1) is 22.4. The smallest absolute Gasteiger partial charge is 0.415 e. The van der Waals surface area contributed by atoms with E-state index in [-0.39, 0.29) is 30.9 Å². The topological polar surface area (TPSA) is 107 Å². The van der Waals surface area contributed by atoms with Gasteiger partial charge in [-0.25, -0.2) is 9.59 Å². The lowest BCUT2D eigenvalue weighted by Gasteiger charge is -2.40. The van der Waals surface area contributed by atoms with Crippen molar-refractivity contribution >= 4 is 29.6 Å². The Bertz CT molecular complexity index is 1640. The minimum absolute atomic E-state index is 0.162. The molecule has 0 aromatic heterocycles. The molecule has 1 saturated heterocycles. The summed E-state index contributed by atoms with van der Waals surface area (Å²) in [5, 5.41) is 10.2. The number of ether oxygens (including phenoxy) is 1. The standard InChI is InChI=1S/C37H39N3O6/c41-34(38-23-27-15-8-7-13-25(27)21-33(38)36(43)44)31-20-19-30(24-11-3-1-4-12-24)39(31)35(42)32-22-26-14-9-10-18-29(26)40(32)37(45)46-28-16-5-2-6-17-28/h1,3-4,7-15,18,28,30-33H,2,5-6,16-17,19-23H2,(H,43,44). The van der Waals surface area contributed by atoms with Gasteiger partial charge in [-0.15, -0.1) is 0 Å². The molecule has 3 aromatic carbocycles. The lowest BCUT2D eigenvalue weighted by Crippen LogP contribution is -2.58. The van der Waals surface area contributed by atoms with Crippen LogP contribution in [0.2, 0.25) is 0 Å². The van der Waals surface area contributed by atoms with Crippen LogP contribution in [0.25, 0.3) is 0 Å². The Kier molecular flexibility index (Phi) is 8.23. The van der Waals surface area contributed by atoms with Gasteiger partial charge < -0.3 is 19.6 Å². The number of nitrogens with zero attached hydrogens (tertiary/aromatic N) is 3. The summed E-state index contributed by atoms with van der Waals surface area (Å²) in [7, 11) is 0. The fraction of sp³-hybridized carbons (Fsp3) is 0.405. The average Bonchev–Trinajstić information content (AvgIpc) is 3.71. The SMILES string of the molecule is O=C(O)C1Cc2ccccc2CN1C(=O)C1CCC(c2ccccc2)N1C(=O)C1Cc2ccccc2N1C(=O)OC1CCCCC1. The molecule has 1 N–H and O–H groups in total. The molecule has 3 aliphatic heterocycles. The predicted octanol–water partition coefficient (Wildman–Crippen LogP) is 5.66. The van der Waals surface area contributed by atoms with Crippen molar-refractivity contribution in [3.63, 3.8) is 0 Å². The zero-order valence-electron chi connectivity index (χ0n) is 25.8. The minimum atomic E-state index is -1.07. The van der Waals surface area contributed by atoms with E-state index in [1.165, 1.54) is 9.80 Å². The molecule has 238 valence electrons. The molecule has 3 amide bonds. The van der Waals surface area contributed by atoms with Crippen LogP contribution in [0.4, 0.5) is 10.5 Å². The van der Waals surface area contributed by atoms with Crippen LogP contribution in [0.5, 0.6) is 0 Å². The number of hydrogen-bond acceptors (Lipinski definition) is 5. The molecule has 1 aliphatic carbocycles. The molecule has 9 nitrogen and oxygen atoms in total. The van der Waals surface area contributed by atoms with E-state index in [1.54, 1.807) is 4.90 Å². The Morgan fingerprint density at radius 1 is 0.652 bits per heavy atom. The first-order valence-electron chi connectivity index (χ1n) is 16.5. The predicted molar refractivity (Wildman–Crippen MR) is 171 cm³/mol. The van der Waals surface area contributed by atoms with E-state index in [4.69, 9.17) is 4.74 Å². The Labute approximate surface area is 268 Å². The molecule has 1 saturated carbocycles. The number of likely N-dealkylation sites (tertiary alicyclic amines) is 1. The number of fused-ring (bicyclic) bond motifs is 2. The normalized spacial score (nSPS) is 24.3. The molecule has 4 aliphatic rings. The van der Waals surface area contributed by atoms with Crippen molar-refractivity contribution in [2.45, 2.75) is 94.6 Å². The van der Waals surface area contributed by atoms with Gasteiger partial charge in [-0.2, -0.15) is 0 Å². The van der Waals surface area contributed by atoms with Gasteiger partial charge in [0, 0.05) is 19.4 Å². The maximum Gasteiger partial charge on any atom is 0.415 e. The fourth-order valence-corrected chi connectivity index (χ4v) is 7.89. The molecule has 0 spiro atoms. The second kappa shape index (κ2) is 12.6. The first kappa shape index (κ1) is 30.0. The van der Waals surface area contributed by atoms with E-state index < -0.39 is 36.2 Å². The number of amides is 3. The number of aliphatic carboxylic acids is 1. The number of hydrogen-bond donors (Lipinski definition) is 1. The zero-order valence-corrected chi connectivity index (χ0v) is 25.8. The highest BCUT2D eigenvalue weighted by Crippen LogP contribution is 2.42. The van der Waals surface area contributed by atoms with Crippen LogP contribution in [-0.4, -0.2) is 63.0 Å². The molecule has 3 heterocycles. The summed E-state index contributed by atoms with van der Waals surface area (Å²) in [5.74, 6) is -1.77. The highest BCUT2D eigenvalue weighted by atomic mass is 16.6. The molecule has 3 aromatic rings. The van der Waals surface area contributed by atoms with Crippen LogP contribution in [0.1, 0.15) is 73.2 Å². The molecular formula is C37H39N3O6. The number of para-hydroxylation sites is 1. The summed E-state index contributed by atoms with van der Waals surface area (Å²) in [6, 6.07) is 21.5. The summed E-state index contributed by atoms with van der Waals surface area (Å²) in [6.45, 7) is 0.162. The first-order valence-corrected chi connectivity index (χ1v) is 16.5. The van der Waals surface area contributed by atoms with Crippen molar-refractivity contribution in [2.24, 2.45) is 0 Å². The maximum absolute atomic E-state index is 14.9. The molecule has 46 heavy (non-hydrogen) atoms. The van der Waals surface area contributed by atoms with Crippen molar-refractivity contribution in [1.82, 2.24) is 9.80 Å². The summed E-state index contributed by atoms with van der Waals surface area (Å²) in [5.41, 5.74) is 4.25. The highest BCUT2D eigenvalue weighted by Gasteiger charge is 2.50. The molecule has 4 atom stereocenters. The van der Waals surface area contributed by atoms with Crippen LogP contribution in [-0.2, 0) is 38.5 Å². The molecular weight excluding hydrogens is 582 g/mol. The molecule has 9 heteroatoms. The van der Waals surface area contributed by atoms with Gasteiger partial charge in [0.25, 0.3) is 0 Å². The summed E-state index contributed by atoms with van der Waals surface area (Å²) in [4.78, 5) is 60.3. The number of anilines is 1. The lowest BCUT2D eigenvalue weighted by molar-refractivity contribution is -0.155. The van der Waals surface area contributed by atoms with E-state index >= 15 is 0 Å². The second-order valence-electron chi connectivity index (χ2n) is 12.9. The molecule has 7 rings (SSSR count). The van der Waals surface area contributed by atoms with E-state index in [9.17, 15) is 24.3 Å². The van der Waals surface area contributed by atoms with Gasteiger partial charge in [-0.05, 0) is 66.8 Å². The van der Waals surface area contributed by atoms with Crippen LogP contribution >= 0.6 is 0 Å². The largest absolute Gasteiger partial charge is 0.480 e. The van der Waals surface area contributed by atoms with E-state index in [2.05, 4.69) is 0 Å². The van der Waals surface area contributed by atoms with Gasteiger partial charge in [0.1, 0.15) is 24.2 Å². The second-order valence-corrected chi connectivity index (χ2v) is 12.9. The highest BCUT2D eigenvalue weighted by molar-refractivity contribution is 6.02. The summed E-state index contributed by atoms with van der Waals surface area (Å²) >= 11 is 0. The Balaban J connectivity index is 1.23. The van der Waals surface area contributed by atoms with Crippen molar-refractivity contribution in [3.8, 4) is 0 Å². The van der Waals surface area contributed by atoms with Gasteiger partial charge in [-0.3, -0.25) is 14.5 Å². The summed E-state index contributed by atoms with van der Waals surface area (Å²) in [6.07, 6.45) is 5.48. The maximum atomic E-state index is 14.9. The van der Waals surface area contributed by atoms with Gasteiger partial charge in [-0.1, -0.05) is 79.2 Å². The molecule has 0 bridgehead atoms. The van der Waals surface area contributed by atoms with Gasteiger partial charge >= 0.3 is 12.1 Å². The van der Waals surface area contributed by atoms with Crippen molar-refractivity contribution < 1.29 is 29.0 Å². The van der Waals surface area contributed by atoms with Crippen molar-refractivity contribution in [1.29, 1.82) is 0 Å². The quantitative estimate of drug-likeness (QED) is 0.394. The van der Waals surface area contributed by atoms with E-state index in [0.717, 1.165) is 54.4 Å². The van der Waals surface area contributed by atoms with Crippen molar-refractivity contribution in [3.05, 3.63) is 101 Å². The third kappa shape index (κ3) is 5.52. The number of carbonyl (C=O) groups excluding carboxylic acids is 3. The van der Waals surface area contributed by atoms with Crippen LogP contribution < -0.4 is 4.90 Å². The number of carboxylic acid groups (broad SMARTS) is 1. The Hall–Kier alpha value is -4.66. The van der Waals surface area contributed by atoms with Crippen LogP contribution in [0.15, 0.2) is 78.9 Å².